The molecule has 0 saturated heterocycles. The van der Waals surface area contributed by atoms with Crippen LogP contribution in [0, 0.1) is 0 Å². The van der Waals surface area contributed by atoms with Crippen LogP contribution in [0.1, 0.15) is 5.56 Å². The Morgan fingerprint density at radius 1 is 1.10 bits per heavy atom. The summed E-state index contributed by atoms with van der Waals surface area (Å²) in [5, 5.41) is 14.6. The molecule has 3 rings (SSSR count). The third-order valence-electron chi connectivity index (χ3n) is 3.70. The van der Waals surface area contributed by atoms with Crippen LogP contribution in [0.15, 0.2) is 48.5 Å². The zero-order chi connectivity index (χ0) is 21.9. The fourth-order valence-electron chi connectivity index (χ4n) is 2.47. The highest BCUT2D eigenvalue weighted by molar-refractivity contribution is 7.89. The molecule has 9 nitrogen and oxygen atoms in total. The third kappa shape index (κ3) is 5.53. The molecule has 2 N–H and O–H groups in total. The predicted molar refractivity (Wildman–Crippen MR) is 101 cm³/mol. The molecular weight excluding hydrogens is 425 g/mol. The molecule has 0 aliphatic heterocycles. The first-order valence-electron chi connectivity index (χ1n) is 8.33. The summed E-state index contributed by atoms with van der Waals surface area (Å²) in [7, 11) is -3.71. The number of halogens is 3. The van der Waals surface area contributed by atoms with E-state index in [1.54, 1.807) is 29.0 Å². The van der Waals surface area contributed by atoms with Crippen molar-refractivity contribution in [3.63, 3.8) is 0 Å². The second-order valence-corrected chi connectivity index (χ2v) is 7.94. The first kappa shape index (κ1) is 21.2. The quantitative estimate of drug-likeness (QED) is 0.603. The number of anilines is 2. The standard InChI is InChI=1S/C17H15F3N6O3S/c1-30(28,29)24-15(27)10-26-23-16(22-25-26)13-4-2-3-5-14(13)21-12-8-6-11(7-9-12)17(18,19)20/h2-9,21H,10H2,1H3,(H,24,27). The highest BCUT2D eigenvalue weighted by Crippen LogP contribution is 2.32. The van der Waals surface area contributed by atoms with Gasteiger partial charge in [-0.1, -0.05) is 12.1 Å². The summed E-state index contributed by atoms with van der Waals surface area (Å²) in [5.74, 6) is -0.699. The van der Waals surface area contributed by atoms with Gasteiger partial charge in [-0.25, -0.2) is 8.42 Å². The van der Waals surface area contributed by atoms with E-state index in [1.165, 1.54) is 12.1 Å². The summed E-state index contributed by atoms with van der Waals surface area (Å²) in [6.07, 6.45) is -3.59. The number of rotatable bonds is 6. The van der Waals surface area contributed by atoms with Crippen molar-refractivity contribution in [3.05, 3.63) is 54.1 Å². The fraction of sp³-hybridized carbons (Fsp3) is 0.176. The fourth-order valence-corrected chi connectivity index (χ4v) is 2.95. The minimum atomic E-state index is -4.43. The van der Waals surface area contributed by atoms with Crippen LogP contribution in [-0.4, -0.2) is 40.8 Å². The van der Waals surface area contributed by atoms with Gasteiger partial charge in [-0.2, -0.15) is 18.0 Å². The van der Waals surface area contributed by atoms with Gasteiger partial charge in [0, 0.05) is 16.9 Å². The predicted octanol–water partition coefficient (Wildman–Crippen LogP) is 2.18. The number of hydrogen-bond acceptors (Lipinski definition) is 7. The second-order valence-electron chi connectivity index (χ2n) is 6.19. The Hall–Kier alpha value is -3.48. The molecule has 1 aromatic heterocycles. The summed E-state index contributed by atoms with van der Waals surface area (Å²) in [4.78, 5) is 12.6. The van der Waals surface area contributed by atoms with Crippen LogP contribution in [0.4, 0.5) is 24.5 Å². The maximum Gasteiger partial charge on any atom is 0.416 e. The third-order valence-corrected chi connectivity index (χ3v) is 4.29. The lowest BCUT2D eigenvalue weighted by Crippen LogP contribution is -2.33. The highest BCUT2D eigenvalue weighted by Gasteiger charge is 2.30. The second kappa shape index (κ2) is 8.10. The monoisotopic (exact) mass is 440 g/mol. The SMILES string of the molecule is CS(=O)(=O)NC(=O)Cn1nnc(-c2ccccc2Nc2ccc(C(F)(F)F)cc2)n1. The molecule has 0 atom stereocenters. The van der Waals surface area contributed by atoms with Crippen molar-refractivity contribution < 1.29 is 26.4 Å². The molecule has 158 valence electrons. The van der Waals surface area contributed by atoms with Crippen molar-refractivity contribution in [3.8, 4) is 11.4 Å². The first-order valence-corrected chi connectivity index (χ1v) is 10.2. The maximum absolute atomic E-state index is 12.7. The average molecular weight is 440 g/mol. The van der Waals surface area contributed by atoms with Gasteiger partial charge in [0.25, 0.3) is 5.91 Å². The summed E-state index contributed by atoms with van der Waals surface area (Å²) < 4.78 is 62.1. The van der Waals surface area contributed by atoms with Crippen molar-refractivity contribution in [1.29, 1.82) is 0 Å². The number of para-hydroxylation sites is 1. The van der Waals surface area contributed by atoms with E-state index in [-0.39, 0.29) is 5.82 Å². The first-order chi connectivity index (χ1) is 14.0. The molecule has 0 aliphatic rings. The van der Waals surface area contributed by atoms with E-state index in [1.807, 2.05) is 0 Å². The minimum absolute atomic E-state index is 0.136. The lowest BCUT2D eigenvalue weighted by molar-refractivity contribution is -0.137. The summed E-state index contributed by atoms with van der Waals surface area (Å²) >= 11 is 0. The number of hydrogen-bond donors (Lipinski definition) is 2. The largest absolute Gasteiger partial charge is 0.416 e. The Balaban J connectivity index is 1.79. The molecule has 0 bridgehead atoms. The van der Waals surface area contributed by atoms with Gasteiger partial charge in [0.2, 0.25) is 15.8 Å². The van der Waals surface area contributed by atoms with Crippen molar-refractivity contribution in [2.24, 2.45) is 0 Å². The Morgan fingerprint density at radius 2 is 1.77 bits per heavy atom. The van der Waals surface area contributed by atoms with E-state index in [0.29, 0.717) is 16.9 Å². The number of amides is 1. The van der Waals surface area contributed by atoms with Gasteiger partial charge in [0.1, 0.15) is 6.54 Å². The van der Waals surface area contributed by atoms with Gasteiger partial charge >= 0.3 is 6.18 Å². The Labute approximate surface area is 169 Å². The van der Waals surface area contributed by atoms with E-state index < -0.39 is 34.2 Å². The molecule has 1 amide bonds. The van der Waals surface area contributed by atoms with Crippen LogP contribution in [0.5, 0.6) is 0 Å². The molecule has 0 aliphatic carbocycles. The zero-order valence-corrected chi connectivity index (χ0v) is 16.2. The number of carbonyl (C=O) groups excluding carboxylic acids is 1. The molecule has 0 unspecified atom stereocenters. The lowest BCUT2D eigenvalue weighted by Gasteiger charge is -2.11. The van der Waals surface area contributed by atoms with E-state index in [9.17, 15) is 26.4 Å². The van der Waals surface area contributed by atoms with Crippen molar-refractivity contribution in [2.75, 3.05) is 11.6 Å². The number of nitrogens with zero attached hydrogens (tertiary/aromatic N) is 4. The van der Waals surface area contributed by atoms with E-state index in [2.05, 4.69) is 20.7 Å². The zero-order valence-electron chi connectivity index (χ0n) is 15.4. The Bertz CT molecular complexity index is 1160. The summed E-state index contributed by atoms with van der Waals surface area (Å²) in [5.41, 5.74) is 0.623. The van der Waals surface area contributed by atoms with Crippen molar-refractivity contribution in [1.82, 2.24) is 24.9 Å². The average Bonchev–Trinajstić information content (AvgIpc) is 3.08. The lowest BCUT2D eigenvalue weighted by atomic mass is 10.1. The topological polar surface area (TPSA) is 119 Å². The molecule has 0 saturated carbocycles. The molecular formula is C17H15F3N6O3S. The number of tetrazole rings is 1. The van der Waals surface area contributed by atoms with E-state index >= 15 is 0 Å². The van der Waals surface area contributed by atoms with E-state index in [0.717, 1.165) is 23.2 Å². The number of alkyl halides is 3. The van der Waals surface area contributed by atoms with Crippen LogP contribution < -0.4 is 10.0 Å². The van der Waals surface area contributed by atoms with Crippen LogP contribution >= 0.6 is 0 Å². The van der Waals surface area contributed by atoms with Gasteiger partial charge < -0.3 is 5.32 Å². The minimum Gasteiger partial charge on any atom is -0.355 e. The normalized spacial score (nSPS) is 11.9. The molecule has 0 spiro atoms. The molecule has 0 radical (unpaired) electrons. The summed E-state index contributed by atoms with van der Waals surface area (Å²) in [6.45, 7) is -0.464. The number of carbonyl (C=O) groups is 1. The number of aromatic nitrogens is 4. The maximum atomic E-state index is 12.7. The van der Waals surface area contributed by atoms with Crippen LogP contribution in [0.2, 0.25) is 0 Å². The number of benzene rings is 2. The van der Waals surface area contributed by atoms with Crippen LogP contribution in [0.3, 0.4) is 0 Å². The van der Waals surface area contributed by atoms with Crippen LogP contribution in [0.25, 0.3) is 11.4 Å². The molecule has 3 aromatic rings. The number of sulfonamides is 1. The Kier molecular flexibility index (Phi) is 5.73. The molecule has 0 fully saturated rings. The van der Waals surface area contributed by atoms with Gasteiger partial charge in [0.15, 0.2) is 0 Å². The Morgan fingerprint density at radius 3 is 2.40 bits per heavy atom. The molecule has 13 heteroatoms. The smallest absolute Gasteiger partial charge is 0.355 e. The highest BCUT2D eigenvalue weighted by atomic mass is 32.2. The number of nitrogens with one attached hydrogen (secondary N) is 2. The van der Waals surface area contributed by atoms with Crippen LogP contribution in [-0.2, 0) is 27.5 Å². The van der Waals surface area contributed by atoms with Crippen molar-refractivity contribution >= 4 is 27.3 Å². The molecule has 2 aromatic carbocycles. The van der Waals surface area contributed by atoms with Gasteiger partial charge in [0.05, 0.1) is 11.8 Å². The molecule has 1 heterocycles. The van der Waals surface area contributed by atoms with Gasteiger partial charge in [-0.15, -0.1) is 10.2 Å². The van der Waals surface area contributed by atoms with E-state index in [4.69, 9.17) is 0 Å². The van der Waals surface area contributed by atoms with Crippen molar-refractivity contribution in [2.45, 2.75) is 12.7 Å². The van der Waals surface area contributed by atoms with Gasteiger partial charge in [-0.05, 0) is 41.6 Å². The molecule has 30 heavy (non-hydrogen) atoms. The van der Waals surface area contributed by atoms with Gasteiger partial charge in [-0.3, -0.25) is 9.52 Å². The summed E-state index contributed by atoms with van der Waals surface area (Å²) in [6, 6.07) is 11.2.